The van der Waals surface area contributed by atoms with E-state index in [-0.39, 0.29) is 6.09 Å². The van der Waals surface area contributed by atoms with Crippen molar-refractivity contribution in [3.63, 3.8) is 0 Å². The number of nitrogens with zero attached hydrogens (tertiary/aromatic N) is 1. The molecule has 2 N–H and O–H groups in total. The molecule has 1 aliphatic heterocycles. The zero-order valence-corrected chi connectivity index (χ0v) is 15.7. The van der Waals surface area contributed by atoms with Crippen LogP contribution in [0.5, 0.6) is 11.5 Å². The summed E-state index contributed by atoms with van der Waals surface area (Å²) in [4.78, 5) is 13.9. The lowest BCUT2D eigenvalue weighted by Gasteiger charge is -2.33. The van der Waals surface area contributed by atoms with Crippen LogP contribution in [0.1, 0.15) is 40.0 Å². The second kappa shape index (κ2) is 8.32. The molecule has 2 rings (SSSR count). The minimum atomic E-state index is -0.445. The van der Waals surface area contributed by atoms with Gasteiger partial charge in [0, 0.05) is 24.8 Å². The number of benzene rings is 1. The first kappa shape index (κ1) is 19.2. The predicted molar refractivity (Wildman–Crippen MR) is 98.0 cm³/mol. The lowest BCUT2D eigenvalue weighted by Crippen LogP contribution is -2.41. The first-order chi connectivity index (χ1) is 11.8. The maximum absolute atomic E-state index is 12.1. The Morgan fingerprint density at radius 2 is 1.92 bits per heavy atom. The van der Waals surface area contributed by atoms with Gasteiger partial charge in [0.05, 0.1) is 13.7 Å². The van der Waals surface area contributed by atoms with Gasteiger partial charge in [0.2, 0.25) is 0 Å². The highest BCUT2D eigenvalue weighted by molar-refractivity contribution is 5.68. The molecule has 0 atom stereocenters. The van der Waals surface area contributed by atoms with Gasteiger partial charge in [-0.1, -0.05) is 0 Å². The molecule has 140 valence electrons. The van der Waals surface area contributed by atoms with Crippen molar-refractivity contribution in [2.24, 2.45) is 5.92 Å². The highest BCUT2D eigenvalue weighted by Gasteiger charge is 2.26. The molecule has 1 fully saturated rings. The number of piperidine rings is 1. The van der Waals surface area contributed by atoms with Gasteiger partial charge in [0.25, 0.3) is 0 Å². The molecule has 1 amide bonds. The zero-order chi connectivity index (χ0) is 18.4. The van der Waals surface area contributed by atoms with Crippen LogP contribution in [0.4, 0.5) is 10.5 Å². The maximum Gasteiger partial charge on any atom is 0.410 e. The van der Waals surface area contributed by atoms with Gasteiger partial charge in [-0.3, -0.25) is 0 Å². The van der Waals surface area contributed by atoms with Gasteiger partial charge in [-0.15, -0.1) is 0 Å². The van der Waals surface area contributed by atoms with Gasteiger partial charge < -0.3 is 24.8 Å². The van der Waals surface area contributed by atoms with Gasteiger partial charge in [-0.25, -0.2) is 4.79 Å². The number of carbonyl (C=O) groups excluding carboxylic acids is 1. The predicted octanol–water partition coefficient (Wildman–Crippen LogP) is 3.69. The van der Waals surface area contributed by atoms with E-state index in [9.17, 15) is 4.79 Å². The smallest absolute Gasteiger partial charge is 0.410 e. The van der Waals surface area contributed by atoms with Crippen molar-refractivity contribution >= 4 is 11.8 Å². The van der Waals surface area contributed by atoms with Crippen molar-refractivity contribution in [3.8, 4) is 11.5 Å². The van der Waals surface area contributed by atoms with E-state index in [0.29, 0.717) is 29.7 Å². The Labute approximate surface area is 150 Å². The largest absolute Gasteiger partial charge is 0.493 e. The monoisotopic (exact) mass is 350 g/mol. The Morgan fingerprint density at radius 1 is 1.24 bits per heavy atom. The third-order valence-corrected chi connectivity index (χ3v) is 4.24. The Balaban J connectivity index is 1.73. The van der Waals surface area contributed by atoms with Gasteiger partial charge in [0.15, 0.2) is 11.5 Å². The molecule has 0 aliphatic carbocycles. The lowest BCUT2D eigenvalue weighted by molar-refractivity contribution is 0.0177. The van der Waals surface area contributed by atoms with Crippen LogP contribution in [0.25, 0.3) is 0 Å². The fraction of sp³-hybridized carbons (Fsp3) is 0.632. The molecule has 25 heavy (non-hydrogen) atoms. The molecule has 1 saturated heterocycles. The summed E-state index contributed by atoms with van der Waals surface area (Å²) in [6.07, 6.45) is 2.69. The van der Waals surface area contributed by atoms with Crippen molar-refractivity contribution < 1.29 is 19.0 Å². The summed E-state index contributed by atoms with van der Waals surface area (Å²) >= 11 is 0. The van der Waals surface area contributed by atoms with E-state index in [1.807, 2.05) is 26.8 Å². The third-order valence-electron chi connectivity index (χ3n) is 4.24. The Bertz CT molecular complexity index is 575. The first-order valence-corrected chi connectivity index (χ1v) is 8.83. The molecular weight excluding hydrogens is 320 g/mol. The van der Waals surface area contributed by atoms with E-state index in [4.69, 9.17) is 19.9 Å². The van der Waals surface area contributed by atoms with Gasteiger partial charge >= 0.3 is 6.09 Å². The summed E-state index contributed by atoms with van der Waals surface area (Å²) in [5.41, 5.74) is 5.95. The number of methoxy groups -OCH3 is 1. The summed E-state index contributed by atoms with van der Waals surface area (Å²) in [6.45, 7) is 7.77. The standard InChI is InChI=1S/C19H30N2O4/c1-19(2,3)25-18(22)21-10-7-14(8-11-21)9-12-24-16-6-5-15(20)13-17(16)23-4/h5-6,13-14H,7-12,20H2,1-4H3. The summed E-state index contributed by atoms with van der Waals surface area (Å²) < 4.78 is 16.6. The number of likely N-dealkylation sites (tertiary alicyclic amines) is 1. The van der Waals surface area contributed by atoms with Crippen LogP contribution in [0, 0.1) is 5.92 Å². The minimum Gasteiger partial charge on any atom is -0.493 e. The Hall–Kier alpha value is -2.11. The molecule has 0 saturated carbocycles. The molecule has 0 bridgehead atoms. The van der Waals surface area contributed by atoms with Crippen molar-refractivity contribution in [1.29, 1.82) is 0 Å². The van der Waals surface area contributed by atoms with Crippen LogP contribution >= 0.6 is 0 Å². The van der Waals surface area contributed by atoms with Crippen molar-refractivity contribution in [2.45, 2.75) is 45.6 Å². The van der Waals surface area contributed by atoms with Gasteiger partial charge in [0.1, 0.15) is 5.60 Å². The molecule has 1 aromatic carbocycles. The van der Waals surface area contributed by atoms with E-state index >= 15 is 0 Å². The van der Waals surface area contributed by atoms with E-state index in [0.717, 1.165) is 32.4 Å². The maximum atomic E-state index is 12.1. The second-order valence-corrected chi connectivity index (χ2v) is 7.46. The summed E-state index contributed by atoms with van der Waals surface area (Å²) in [6, 6.07) is 5.39. The summed E-state index contributed by atoms with van der Waals surface area (Å²) in [5, 5.41) is 0. The molecule has 1 heterocycles. The molecule has 1 aliphatic rings. The number of amides is 1. The molecule has 6 heteroatoms. The Morgan fingerprint density at radius 3 is 2.52 bits per heavy atom. The molecule has 0 radical (unpaired) electrons. The fourth-order valence-electron chi connectivity index (χ4n) is 2.87. The summed E-state index contributed by atoms with van der Waals surface area (Å²) in [7, 11) is 1.61. The van der Waals surface area contributed by atoms with E-state index in [1.54, 1.807) is 24.1 Å². The molecule has 0 spiro atoms. The summed E-state index contributed by atoms with van der Waals surface area (Å²) in [5.74, 6) is 1.92. The topological polar surface area (TPSA) is 74.0 Å². The number of hydrogen-bond acceptors (Lipinski definition) is 5. The van der Waals surface area contributed by atoms with Crippen LogP contribution in [0.2, 0.25) is 0 Å². The van der Waals surface area contributed by atoms with Crippen LogP contribution in [-0.2, 0) is 4.74 Å². The van der Waals surface area contributed by atoms with E-state index in [2.05, 4.69) is 0 Å². The first-order valence-electron chi connectivity index (χ1n) is 8.83. The van der Waals surface area contributed by atoms with Crippen molar-refractivity contribution in [3.05, 3.63) is 18.2 Å². The average molecular weight is 350 g/mol. The minimum absolute atomic E-state index is 0.214. The van der Waals surface area contributed by atoms with Crippen molar-refractivity contribution in [2.75, 3.05) is 32.5 Å². The number of anilines is 1. The van der Waals surface area contributed by atoms with E-state index in [1.165, 1.54) is 0 Å². The number of nitrogens with two attached hydrogens (primary N) is 1. The molecule has 6 nitrogen and oxygen atoms in total. The number of ether oxygens (including phenoxy) is 3. The highest BCUT2D eigenvalue weighted by Crippen LogP contribution is 2.30. The van der Waals surface area contributed by atoms with Gasteiger partial charge in [-0.05, 0) is 58.1 Å². The van der Waals surface area contributed by atoms with Crippen LogP contribution in [-0.4, -0.2) is 43.4 Å². The van der Waals surface area contributed by atoms with E-state index < -0.39 is 5.60 Å². The zero-order valence-electron chi connectivity index (χ0n) is 15.7. The second-order valence-electron chi connectivity index (χ2n) is 7.46. The SMILES string of the molecule is COc1cc(N)ccc1OCCC1CCN(C(=O)OC(C)(C)C)CC1. The van der Waals surface area contributed by atoms with Crippen LogP contribution in [0.3, 0.4) is 0 Å². The molecule has 0 aromatic heterocycles. The van der Waals surface area contributed by atoms with Crippen LogP contribution < -0.4 is 15.2 Å². The molecule has 1 aromatic rings. The van der Waals surface area contributed by atoms with Crippen LogP contribution in [0.15, 0.2) is 18.2 Å². The fourth-order valence-corrected chi connectivity index (χ4v) is 2.87. The number of rotatable bonds is 5. The highest BCUT2D eigenvalue weighted by atomic mass is 16.6. The number of carbonyl (C=O) groups is 1. The van der Waals surface area contributed by atoms with Gasteiger partial charge in [-0.2, -0.15) is 0 Å². The molecule has 0 unspecified atom stereocenters. The number of hydrogen-bond donors (Lipinski definition) is 1. The normalized spacial score (nSPS) is 15.8. The quantitative estimate of drug-likeness (QED) is 0.820. The molecular formula is C19H30N2O4. The average Bonchev–Trinajstić information content (AvgIpc) is 2.55. The lowest BCUT2D eigenvalue weighted by atomic mass is 9.94. The Kier molecular flexibility index (Phi) is 6.39. The number of nitrogen functional groups attached to an aromatic ring is 1. The van der Waals surface area contributed by atoms with Crippen molar-refractivity contribution in [1.82, 2.24) is 4.90 Å². The third kappa shape index (κ3) is 6.03.